The molecule has 0 unspecified atom stereocenters. The number of phenolic OH excluding ortho intramolecular Hbond substituents is 1. The van der Waals surface area contributed by atoms with Crippen molar-refractivity contribution in [2.24, 2.45) is 0 Å². The van der Waals surface area contributed by atoms with Crippen LogP contribution in [0.1, 0.15) is 51.0 Å². The average molecular weight is 230 g/mol. The number of unbranched alkanes of at least 4 members (excludes halogenated alkanes) is 5. The molecule has 0 saturated carbocycles. The number of hydrogen-bond donors (Lipinski definition) is 1. The number of hydrogen-bond acceptors (Lipinski definition) is 1. The zero-order chi connectivity index (χ0) is 10.9. The number of rotatable bonds is 7. The van der Waals surface area contributed by atoms with Gasteiger partial charge in [-0.25, -0.2) is 0 Å². The molecule has 0 radical (unpaired) electrons. The summed E-state index contributed by atoms with van der Waals surface area (Å²) in [6.07, 6.45) is 8.85. The second-order valence-corrected chi connectivity index (χ2v) is 4.15. The summed E-state index contributed by atoms with van der Waals surface area (Å²) in [7, 11) is 0. The Morgan fingerprint density at radius 3 is 2.25 bits per heavy atom. The summed E-state index contributed by atoms with van der Waals surface area (Å²) in [5, 5.41) is 9.55. The second-order valence-electron chi connectivity index (χ2n) is 4.15. The SMILES string of the molecule is CCCCCCCCc1ccccc1O.[NaH]. The summed E-state index contributed by atoms with van der Waals surface area (Å²) < 4.78 is 0. The maximum atomic E-state index is 9.55. The molecule has 1 aromatic rings. The van der Waals surface area contributed by atoms with Crippen LogP contribution in [0, 0.1) is 0 Å². The molecule has 1 nitrogen and oxygen atoms in total. The van der Waals surface area contributed by atoms with E-state index in [1.165, 1.54) is 38.5 Å². The molecule has 0 aromatic heterocycles. The van der Waals surface area contributed by atoms with Gasteiger partial charge in [-0.05, 0) is 24.5 Å². The topological polar surface area (TPSA) is 20.2 Å². The predicted octanol–water partition coefficient (Wildman–Crippen LogP) is 3.65. The molecule has 0 saturated heterocycles. The molecular formula is C14H23NaO. The van der Waals surface area contributed by atoms with Crippen molar-refractivity contribution < 1.29 is 5.11 Å². The molecule has 16 heavy (non-hydrogen) atoms. The van der Waals surface area contributed by atoms with E-state index in [4.69, 9.17) is 0 Å². The van der Waals surface area contributed by atoms with Crippen LogP contribution in [0.15, 0.2) is 24.3 Å². The van der Waals surface area contributed by atoms with Crippen LogP contribution >= 0.6 is 0 Å². The van der Waals surface area contributed by atoms with E-state index in [2.05, 4.69) is 6.92 Å². The van der Waals surface area contributed by atoms with Gasteiger partial charge < -0.3 is 5.11 Å². The van der Waals surface area contributed by atoms with E-state index < -0.39 is 0 Å². The molecular weight excluding hydrogens is 207 g/mol. The molecule has 0 aliphatic carbocycles. The van der Waals surface area contributed by atoms with Gasteiger partial charge in [-0.15, -0.1) is 0 Å². The first-order valence-corrected chi connectivity index (χ1v) is 6.11. The molecule has 1 rings (SSSR count). The Labute approximate surface area is 122 Å². The van der Waals surface area contributed by atoms with Gasteiger partial charge in [0.15, 0.2) is 0 Å². The van der Waals surface area contributed by atoms with Crippen LogP contribution in [0.25, 0.3) is 0 Å². The Hall–Kier alpha value is 0.0200. The molecule has 1 aromatic carbocycles. The number of phenols is 1. The number of benzene rings is 1. The van der Waals surface area contributed by atoms with E-state index in [9.17, 15) is 5.11 Å². The van der Waals surface area contributed by atoms with Crippen molar-refractivity contribution in [1.29, 1.82) is 0 Å². The van der Waals surface area contributed by atoms with Gasteiger partial charge in [-0.1, -0.05) is 57.2 Å². The monoisotopic (exact) mass is 230 g/mol. The van der Waals surface area contributed by atoms with E-state index in [1.54, 1.807) is 6.07 Å². The van der Waals surface area contributed by atoms with Crippen LogP contribution in [0.5, 0.6) is 5.75 Å². The Morgan fingerprint density at radius 2 is 1.56 bits per heavy atom. The fourth-order valence-electron chi connectivity index (χ4n) is 1.82. The third-order valence-corrected chi connectivity index (χ3v) is 2.79. The molecule has 0 aliphatic heterocycles. The van der Waals surface area contributed by atoms with Crippen molar-refractivity contribution in [2.75, 3.05) is 0 Å². The molecule has 0 bridgehead atoms. The summed E-state index contributed by atoms with van der Waals surface area (Å²) in [6.45, 7) is 2.24. The summed E-state index contributed by atoms with van der Waals surface area (Å²) >= 11 is 0. The second kappa shape index (κ2) is 10.2. The van der Waals surface area contributed by atoms with E-state index in [0.717, 1.165) is 12.0 Å². The molecule has 0 amide bonds. The standard InChI is InChI=1S/C14H22O.Na.H/c1-2-3-4-5-6-7-10-13-11-8-9-12-14(13)15;;/h8-9,11-12,15H,2-7,10H2,1H3;;. The summed E-state index contributed by atoms with van der Waals surface area (Å²) in [4.78, 5) is 0. The number of para-hydroxylation sites is 1. The Kier molecular flexibility index (Phi) is 10.2. The van der Waals surface area contributed by atoms with Crippen LogP contribution in [0.4, 0.5) is 0 Å². The zero-order valence-corrected chi connectivity index (χ0v) is 9.71. The van der Waals surface area contributed by atoms with Gasteiger partial charge in [0.2, 0.25) is 0 Å². The van der Waals surface area contributed by atoms with E-state index in [0.29, 0.717) is 5.75 Å². The van der Waals surface area contributed by atoms with Crippen LogP contribution in [-0.2, 0) is 6.42 Å². The molecule has 2 heteroatoms. The van der Waals surface area contributed by atoms with Gasteiger partial charge in [-0.2, -0.15) is 0 Å². The van der Waals surface area contributed by atoms with E-state index in [-0.39, 0.29) is 29.6 Å². The van der Waals surface area contributed by atoms with Gasteiger partial charge in [0.05, 0.1) is 0 Å². The average Bonchev–Trinajstić information content (AvgIpc) is 2.25. The Morgan fingerprint density at radius 1 is 0.938 bits per heavy atom. The first-order valence-electron chi connectivity index (χ1n) is 6.11. The van der Waals surface area contributed by atoms with Crippen LogP contribution in [0.2, 0.25) is 0 Å². The number of aromatic hydroxyl groups is 1. The Bertz CT molecular complexity index is 273. The first-order chi connectivity index (χ1) is 7.34. The van der Waals surface area contributed by atoms with Crippen molar-refractivity contribution >= 4 is 29.6 Å². The van der Waals surface area contributed by atoms with Gasteiger partial charge in [-0.3, -0.25) is 0 Å². The van der Waals surface area contributed by atoms with E-state index in [1.807, 2.05) is 18.2 Å². The summed E-state index contributed by atoms with van der Waals surface area (Å²) in [6, 6.07) is 7.65. The van der Waals surface area contributed by atoms with Crippen molar-refractivity contribution in [3.8, 4) is 5.75 Å². The van der Waals surface area contributed by atoms with E-state index >= 15 is 0 Å². The first kappa shape index (κ1) is 16.0. The van der Waals surface area contributed by atoms with Gasteiger partial charge in [0.25, 0.3) is 0 Å². The fourth-order valence-corrected chi connectivity index (χ4v) is 1.82. The van der Waals surface area contributed by atoms with Crippen molar-refractivity contribution in [2.45, 2.75) is 51.9 Å². The third kappa shape index (κ3) is 6.57. The zero-order valence-electron chi connectivity index (χ0n) is 9.71. The van der Waals surface area contributed by atoms with Crippen LogP contribution in [0.3, 0.4) is 0 Å². The van der Waals surface area contributed by atoms with Crippen LogP contribution < -0.4 is 0 Å². The summed E-state index contributed by atoms with van der Waals surface area (Å²) in [5.74, 6) is 0.450. The quantitative estimate of drug-likeness (QED) is 0.560. The fraction of sp³-hybridized carbons (Fsp3) is 0.571. The third-order valence-electron chi connectivity index (χ3n) is 2.79. The van der Waals surface area contributed by atoms with Crippen LogP contribution in [-0.4, -0.2) is 34.7 Å². The van der Waals surface area contributed by atoms with Gasteiger partial charge in [0, 0.05) is 0 Å². The number of aryl methyl sites for hydroxylation is 1. The molecule has 0 aliphatic rings. The molecule has 1 N–H and O–H groups in total. The summed E-state index contributed by atoms with van der Waals surface area (Å²) in [5.41, 5.74) is 1.09. The molecule has 0 heterocycles. The predicted molar refractivity (Wildman–Crippen MR) is 72.3 cm³/mol. The molecule has 0 atom stereocenters. The minimum atomic E-state index is 0. The van der Waals surface area contributed by atoms with Gasteiger partial charge >= 0.3 is 29.6 Å². The molecule has 0 spiro atoms. The minimum absolute atomic E-state index is 0. The van der Waals surface area contributed by atoms with Gasteiger partial charge in [0.1, 0.15) is 5.75 Å². The van der Waals surface area contributed by atoms with Crippen molar-refractivity contribution in [3.05, 3.63) is 29.8 Å². The maximum absolute atomic E-state index is 9.55. The molecule has 86 valence electrons. The van der Waals surface area contributed by atoms with Crippen molar-refractivity contribution in [1.82, 2.24) is 0 Å². The van der Waals surface area contributed by atoms with Crippen molar-refractivity contribution in [3.63, 3.8) is 0 Å². The Balaban J connectivity index is 0.00000225. The normalized spacial score (nSPS) is 9.81. The molecule has 0 fully saturated rings.